The highest BCUT2D eigenvalue weighted by molar-refractivity contribution is 7.98. The lowest BCUT2D eigenvalue weighted by atomic mass is 10.1. The standard InChI is InChI=1S/C12H20N2S/c1-3-6-11(14-9-10-15-2)12-7-4-5-8-13-12/h4-5,7-8,11,14H,3,6,9-10H2,1-2H3. The molecule has 0 spiro atoms. The van der Waals surface area contributed by atoms with Crippen LogP contribution in [0.5, 0.6) is 0 Å². The smallest absolute Gasteiger partial charge is 0.0573 e. The van der Waals surface area contributed by atoms with Crippen molar-refractivity contribution in [3.63, 3.8) is 0 Å². The fourth-order valence-electron chi connectivity index (χ4n) is 1.56. The minimum absolute atomic E-state index is 0.420. The number of hydrogen-bond acceptors (Lipinski definition) is 3. The molecule has 0 saturated heterocycles. The Morgan fingerprint density at radius 1 is 1.47 bits per heavy atom. The monoisotopic (exact) mass is 224 g/mol. The van der Waals surface area contributed by atoms with Crippen LogP contribution in [0.1, 0.15) is 31.5 Å². The molecule has 1 aromatic heterocycles. The maximum atomic E-state index is 4.41. The molecule has 1 rings (SSSR count). The van der Waals surface area contributed by atoms with E-state index in [9.17, 15) is 0 Å². The summed E-state index contributed by atoms with van der Waals surface area (Å²) in [5, 5.41) is 3.55. The molecule has 0 aliphatic carbocycles. The van der Waals surface area contributed by atoms with Crippen molar-refractivity contribution >= 4 is 11.8 Å². The van der Waals surface area contributed by atoms with E-state index in [-0.39, 0.29) is 0 Å². The summed E-state index contributed by atoms with van der Waals surface area (Å²) in [7, 11) is 0. The average Bonchev–Trinajstić information content (AvgIpc) is 2.29. The molecule has 1 heterocycles. The maximum Gasteiger partial charge on any atom is 0.0573 e. The molecule has 1 atom stereocenters. The van der Waals surface area contributed by atoms with Gasteiger partial charge in [-0.25, -0.2) is 0 Å². The number of rotatable bonds is 7. The molecule has 3 heteroatoms. The van der Waals surface area contributed by atoms with Crippen molar-refractivity contribution in [2.75, 3.05) is 18.6 Å². The summed E-state index contributed by atoms with van der Waals surface area (Å²) in [4.78, 5) is 4.41. The van der Waals surface area contributed by atoms with E-state index in [1.165, 1.54) is 12.1 Å². The summed E-state index contributed by atoms with van der Waals surface area (Å²) in [5.41, 5.74) is 1.17. The van der Waals surface area contributed by atoms with Crippen LogP contribution in [0.25, 0.3) is 0 Å². The van der Waals surface area contributed by atoms with Gasteiger partial charge in [0.1, 0.15) is 0 Å². The van der Waals surface area contributed by atoms with Crippen molar-refractivity contribution in [3.8, 4) is 0 Å². The zero-order valence-electron chi connectivity index (χ0n) is 9.57. The molecule has 0 aliphatic rings. The van der Waals surface area contributed by atoms with Crippen LogP contribution in [-0.2, 0) is 0 Å². The summed E-state index contributed by atoms with van der Waals surface area (Å²) >= 11 is 1.87. The molecule has 0 aliphatic heterocycles. The first-order valence-electron chi connectivity index (χ1n) is 5.51. The molecule has 1 unspecified atom stereocenters. The second kappa shape index (κ2) is 7.71. The third kappa shape index (κ3) is 4.67. The molecule has 84 valence electrons. The van der Waals surface area contributed by atoms with Gasteiger partial charge >= 0.3 is 0 Å². The molecular formula is C12H20N2S. The van der Waals surface area contributed by atoms with Gasteiger partial charge in [0.25, 0.3) is 0 Å². The first-order valence-corrected chi connectivity index (χ1v) is 6.91. The molecule has 0 saturated carbocycles. The van der Waals surface area contributed by atoms with Gasteiger partial charge in [-0.1, -0.05) is 19.4 Å². The van der Waals surface area contributed by atoms with Crippen molar-refractivity contribution < 1.29 is 0 Å². The highest BCUT2D eigenvalue weighted by Crippen LogP contribution is 2.15. The molecule has 0 fully saturated rings. The minimum Gasteiger partial charge on any atom is -0.308 e. The number of hydrogen-bond donors (Lipinski definition) is 1. The Balaban J connectivity index is 2.50. The van der Waals surface area contributed by atoms with E-state index in [1.807, 2.05) is 24.0 Å². The number of nitrogens with one attached hydrogen (secondary N) is 1. The Bertz CT molecular complexity index is 251. The van der Waals surface area contributed by atoms with Crippen molar-refractivity contribution in [2.45, 2.75) is 25.8 Å². The van der Waals surface area contributed by atoms with Gasteiger partial charge in [-0.2, -0.15) is 11.8 Å². The molecule has 1 aromatic rings. The third-order valence-electron chi connectivity index (χ3n) is 2.32. The average molecular weight is 224 g/mol. The van der Waals surface area contributed by atoms with Crippen molar-refractivity contribution in [2.24, 2.45) is 0 Å². The zero-order valence-corrected chi connectivity index (χ0v) is 10.4. The molecule has 15 heavy (non-hydrogen) atoms. The van der Waals surface area contributed by atoms with Crippen LogP contribution < -0.4 is 5.32 Å². The van der Waals surface area contributed by atoms with E-state index in [0.29, 0.717) is 6.04 Å². The topological polar surface area (TPSA) is 24.9 Å². The maximum absolute atomic E-state index is 4.41. The number of pyridine rings is 1. The summed E-state index contributed by atoms with van der Waals surface area (Å²) in [6.45, 7) is 3.27. The number of thioether (sulfide) groups is 1. The van der Waals surface area contributed by atoms with Crippen LogP contribution >= 0.6 is 11.8 Å². The van der Waals surface area contributed by atoms with E-state index >= 15 is 0 Å². The van der Waals surface area contributed by atoms with Crippen molar-refractivity contribution in [1.29, 1.82) is 0 Å². The van der Waals surface area contributed by atoms with Crippen molar-refractivity contribution in [1.82, 2.24) is 10.3 Å². The van der Waals surface area contributed by atoms with Gasteiger partial charge in [-0.3, -0.25) is 4.98 Å². The second-order valence-corrected chi connectivity index (χ2v) is 4.53. The summed E-state index contributed by atoms with van der Waals surface area (Å²) < 4.78 is 0. The van der Waals surface area contributed by atoms with E-state index < -0.39 is 0 Å². The van der Waals surface area contributed by atoms with Gasteiger partial charge in [0.15, 0.2) is 0 Å². The van der Waals surface area contributed by atoms with Crippen LogP contribution in [0.4, 0.5) is 0 Å². The van der Waals surface area contributed by atoms with Gasteiger partial charge in [-0.15, -0.1) is 0 Å². The van der Waals surface area contributed by atoms with Crippen LogP contribution in [0.3, 0.4) is 0 Å². The van der Waals surface area contributed by atoms with Crippen LogP contribution in [0, 0.1) is 0 Å². The minimum atomic E-state index is 0.420. The predicted octanol–water partition coefficient (Wildman–Crippen LogP) is 2.88. The van der Waals surface area contributed by atoms with Gasteiger partial charge in [0.2, 0.25) is 0 Å². The fraction of sp³-hybridized carbons (Fsp3) is 0.583. The first-order chi connectivity index (χ1) is 7.38. The Labute approximate surface area is 96.9 Å². The quantitative estimate of drug-likeness (QED) is 0.721. The van der Waals surface area contributed by atoms with E-state index in [2.05, 4.69) is 35.6 Å². The molecule has 2 nitrogen and oxygen atoms in total. The Kier molecular flexibility index (Phi) is 6.44. The highest BCUT2D eigenvalue weighted by atomic mass is 32.2. The molecule has 0 bridgehead atoms. The lowest BCUT2D eigenvalue weighted by molar-refractivity contribution is 0.500. The molecule has 0 aromatic carbocycles. The lowest BCUT2D eigenvalue weighted by Crippen LogP contribution is -2.24. The van der Waals surface area contributed by atoms with Crippen LogP contribution in [0.15, 0.2) is 24.4 Å². The SMILES string of the molecule is CCCC(NCCSC)c1ccccn1. The van der Waals surface area contributed by atoms with Crippen LogP contribution in [0.2, 0.25) is 0 Å². The normalized spacial score (nSPS) is 12.7. The Morgan fingerprint density at radius 3 is 2.93 bits per heavy atom. The van der Waals surface area contributed by atoms with Crippen molar-refractivity contribution in [3.05, 3.63) is 30.1 Å². The first kappa shape index (κ1) is 12.5. The highest BCUT2D eigenvalue weighted by Gasteiger charge is 2.09. The summed E-state index contributed by atoms with van der Waals surface area (Å²) in [5.74, 6) is 1.16. The summed E-state index contributed by atoms with van der Waals surface area (Å²) in [6, 6.07) is 6.55. The fourth-order valence-corrected chi connectivity index (χ4v) is 1.88. The molecule has 0 amide bonds. The Morgan fingerprint density at radius 2 is 2.33 bits per heavy atom. The van der Waals surface area contributed by atoms with Gasteiger partial charge < -0.3 is 5.32 Å². The number of nitrogens with zero attached hydrogens (tertiary/aromatic N) is 1. The third-order valence-corrected chi connectivity index (χ3v) is 2.93. The number of aromatic nitrogens is 1. The Hall–Kier alpha value is -0.540. The van der Waals surface area contributed by atoms with Gasteiger partial charge in [0, 0.05) is 24.5 Å². The molecule has 1 N–H and O–H groups in total. The predicted molar refractivity (Wildman–Crippen MR) is 68.3 cm³/mol. The second-order valence-electron chi connectivity index (χ2n) is 3.54. The zero-order chi connectivity index (χ0) is 10.9. The van der Waals surface area contributed by atoms with E-state index in [0.717, 1.165) is 18.7 Å². The van der Waals surface area contributed by atoms with Gasteiger partial charge in [0.05, 0.1) is 5.69 Å². The molecule has 0 radical (unpaired) electrons. The van der Waals surface area contributed by atoms with E-state index in [4.69, 9.17) is 0 Å². The largest absolute Gasteiger partial charge is 0.308 e. The van der Waals surface area contributed by atoms with Crippen LogP contribution in [-0.4, -0.2) is 23.5 Å². The van der Waals surface area contributed by atoms with E-state index in [1.54, 1.807) is 0 Å². The van der Waals surface area contributed by atoms with Gasteiger partial charge in [-0.05, 0) is 24.8 Å². The summed E-state index contributed by atoms with van der Waals surface area (Å²) in [6.07, 6.45) is 6.35. The molecular weight excluding hydrogens is 204 g/mol. The lowest BCUT2D eigenvalue weighted by Gasteiger charge is -2.17.